The molecule has 143 valence electrons. The SMILES string of the molecule is COc1ccc([C@H]2[C@H](n3cncn3)C([C]3[CH][CH][CH][CH]3)=NN2c2ccccc2)cc1. The number of hydrogen-bond acceptors (Lipinski definition) is 5. The normalized spacial score (nSPS) is 22.1. The van der Waals surface area contributed by atoms with Crippen molar-refractivity contribution in [2.75, 3.05) is 12.1 Å². The molecule has 0 unspecified atom stereocenters. The predicted molar refractivity (Wildman–Crippen MR) is 112 cm³/mol. The van der Waals surface area contributed by atoms with Crippen LogP contribution in [0.3, 0.4) is 0 Å². The Kier molecular flexibility index (Phi) is 4.76. The van der Waals surface area contributed by atoms with E-state index < -0.39 is 0 Å². The average molecular weight is 382 g/mol. The third-order valence-electron chi connectivity index (χ3n) is 5.22. The second-order valence-corrected chi connectivity index (χ2v) is 6.88. The molecule has 0 amide bonds. The van der Waals surface area contributed by atoms with E-state index in [9.17, 15) is 0 Å². The van der Waals surface area contributed by atoms with Crippen LogP contribution in [0.2, 0.25) is 0 Å². The van der Waals surface area contributed by atoms with Crippen LogP contribution in [0.1, 0.15) is 17.6 Å². The number of benzene rings is 2. The van der Waals surface area contributed by atoms with Crippen molar-refractivity contribution in [1.29, 1.82) is 0 Å². The summed E-state index contributed by atoms with van der Waals surface area (Å²) in [6.07, 6.45) is 11.6. The molecule has 29 heavy (non-hydrogen) atoms. The van der Waals surface area contributed by atoms with Gasteiger partial charge in [-0.2, -0.15) is 10.2 Å². The Labute approximate surface area is 170 Å². The number of hydrogen-bond donors (Lipinski definition) is 0. The number of aromatic nitrogens is 3. The maximum absolute atomic E-state index is 5.35. The largest absolute Gasteiger partial charge is 0.497 e. The van der Waals surface area contributed by atoms with Crippen LogP contribution in [-0.4, -0.2) is 27.6 Å². The van der Waals surface area contributed by atoms with E-state index in [1.807, 2.05) is 47.9 Å². The van der Waals surface area contributed by atoms with Crippen molar-refractivity contribution >= 4 is 11.4 Å². The third kappa shape index (κ3) is 3.28. The standard InChI is InChI=1S/C23H20N5O/c1-29-20-13-11-18(12-14-20)22-23(27-16-24-15-25-27)21(17-7-5-6-8-17)26-28(22)19-9-3-2-4-10-19/h2-16,22-23H,1H3/t22-,23+/m0/s1. The minimum Gasteiger partial charge on any atom is -0.497 e. The van der Waals surface area contributed by atoms with Crippen LogP contribution in [0.5, 0.6) is 5.75 Å². The zero-order valence-corrected chi connectivity index (χ0v) is 16.0. The second-order valence-electron chi connectivity index (χ2n) is 6.88. The smallest absolute Gasteiger partial charge is 0.137 e. The van der Waals surface area contributed by atoms with Gasteiger partial charge >= 0.3 is 0 Å². The maximum Gasteiger partial charge on any atom is 0.137 e. The molecule has 2 atom stereocenters. The van der Waals surface area contributed by atoms with Gasteiger partial charge in [0.2, 0.25) is 0 Å². The Morgan fingerprint density at radius 3 is 2.31 bits per heavy atom. The fourth-order valence-corrected chi connectivity index (χ4v) is 3.85. The van der Waals surface area contributed by atoms with E-state index in [0.717, 1.165) is 28.6 Å². The lowest BCUT2D eigenvalue weighted by Gasteiger charge is -2.29. The molecule has 0 bridgehead atoms. The molecule has 1 aliphatic heterocycles. The van der Waals surface area contributed by atoms with Crippen LogP contribution in [0, 0.1) is 31.6 Å². The zero-order valence-electron chi connectivity index (χ0n) is 16.0. The van der Waals surface area contributed by atoms with Gasteiger partial charge in [0, 0.05) is 5.92 Å². The molecule has 0 spiro atoms. The highest BCUT2D eigenvalue weighted by Crippen LogP contribution is 2.45. The van der Waals surface area contributed by atoms with E-state index in [1.54, 1.807) is 19.8 Å². The summed E-state index contributed by atoms with van der Waals surface area (Å²) in [6.45, 7) is 0. The molecular formula is C23H20N5O. The molecule has 1 aliphatic carbocycles. The highest BCUT2D eigenvalue weighted by atomic mass is 16.5. The van der Waals surface area contributed by atoms with E-state index in [0.29, 0.717) is 0 Å². The monoisotopic (exact) mass is 382 g/mol. The first-order chi connectivity index (χ1) is 14.3. The number of rotatable bonds is 5. The van der Waals surface area contributed by atoms with Crippen LogP contribution in [-0.2, 0) is 0 Å². The van der Waals surface area contributed by atoms with Gasteiger partial charge in [-0.05, 0) is 55.5 Å². The van der Waals surface area contributed by atoms with Gasteiger partial charge in [-0.25, -0.2) is 9.67 Å². The third-order valence-corrected chi connectivity index (χ3v) is 5.22. The van der Waals surface area contributed by atoms with Crippen LogP contribution in [0.4, 0.5) is 5.69 Å². The predicted octanol–water partition coefficient (Wildman–Crippen LogP) is 3.85. The van der Waals surface area contributed by atoms with Crippen molar-refractivity contribution in [3.8, 4) is 5.75 Å². The molecule has 5 rings (SSSR count). The minimum atomic E-state index is -0.117. The van der Waals surface area contributed by atoms with Crippen molar-refractivity contribution in [2.24, 2.45) is 5.10 Å². The Hall–Kier alpha value is -3.15. The number of methoxy groups -OCH3 is 1. The fraction of sp³-hybridized carbons (Fsp3) is 0.130. The van der Waals surface area contributed by atoms with E-state index in [4.69, 9.17) is 9.84 Å². The summed E-state index contributed by atoms with van der Waals surface area (Å²) in [7, 11) is 1.68. The number of para-hydroxylation sites is 1. The van der Waals surface area contributed by atoms with Crippen LogP contribution in [0.25, 0.3) is 0 Å². The topological polar surface area (TPSA) is 55.5 Å². The van der Waals surface area contributed by atoms with Gasteiger partial charge < -0.3 is 4.74 Å². The Balaban J connectivity index is 1.63. The van der Waals surface area contributed by atoms with Crippen LogP contribution >= 0.6 is 0 Å². The first kappa shape index (κ1) is 17.9. The number of ether oxygens (including phenoxy) is 1. The molecule has 2 aromatic carbocycles. The lowest BCUT2D eigenvalue weighted by molar-refractivity contribution is 0.414. The van der Waals surface area contributed by atoms with E-state index in [2.05, 4.69) is 52.2 Å². The molecule has 0 saturated heterocycles. The van der Waals surface area contributed by atoms with Crippen molar-refractivity contribution < 1.29 is 4.74 Å². The van der Waals surface area contributed by atoms with E-state index >= 15 is 0 Å². The Bertz CT molecular complexity index is 962. The van der Waals surface area contributed by atoms with Gasteiger partial charge in [0.05, 0.1) is 18.5 Å². The summed E-state index contributed by atoms with van der Waals surface area (Å²) < 4.78 is 7.25. The summed E-state index contributed by atoms with van der Waals surface area (Å²) >= 11 is 0. The number of anilines is 1. The first-order valence-corrected chi connectivity index (χ1v) is 9.48. The van der Waals surface area contributed by atoms with E-state index in [1.165, 1.54) is 0 Å². The quantitative estimate of drug-likeness (QED) is 0.673. The molecular weight excluding hydrogens is 362 g/mol. The van der Waals surface area contributed by atoms with Crippen LogP contribution in [0.15, 0.2) is 72.4 Å². The number of nitrogens with zero attached hydrogens (tertiary/aromatic N) is 5. The van der Waals surface area contributed by atoms with Crippen molar-refractivity contribution in [2.45, 2.75) is 12.1 Å². The average Bonchev–Trinajstić information content (AvgIpc) is 3.54. The Morgan fingerprint density at radius 1 is 0.897 bits per heavy atom. The molecule has 6 nitrogen and oxygen atoms in total. The van der Waals surface area contributed by atoms with Crippen molar-refractivity contribution in [3.63, 3.8) is 0 Å². The Morgan fingerprint density at radius 2 is 1.66 bits per heavy atom. The summed E-state index contributed by atoms with van der Waals surface area (Å²) in [5.74, 6) is 1.91. The van der Waals surface area contributed by atoms with Gasteiger partial charge in [0.25, 0.3) is 0 Å². The van der Waals surface area contributed by atoms with Gasteiger partial charge in [-0.15, -0.1) is 0 Å². The van der Waals surface area contributed by atoms with Crippen molar-refractivity contribution in [1.82, 2.24) is 14.8 Å². The maximum atomic E-state index is 5.35. The molecule has 2 heterocycles. The van der Waals surface area contributed by atoms with Gasteiger partial charge in [-0.1, -0.05) is 30.3 Å². The number of hydrazone groups is 1. The van der Waals surface area contributed by atoms with Crippen LogP contribution < -0.4 is 9.75 Å². The second kappa shape index (κ2) is 7.70. The molecule has 6 heteroatoms. The summed E-state index contributed by atoms with van der Waals surface area (Å²) in [6, 6.07) is 18.2. The molecule has 1 fully saturated rings. The lowest BCUT2D eigenvalue weighted by Crippen LogP contribution is -2.30. The fourth-order valence-electron chi connectivity index (χ4n) is 3.85. The van der Waals surface area contributed by atoms with Gasteiger partial charge in [0.1, 0.15) is 30.5 Å². The first-order valence-electron chi connectivity index (χ1n) is 9.48. The molecule has 1 saturated carbocycles. The molecule has 0 N–H and O–H groups in total. The highest BCUT2D eigenvalue weighted by Gasteiger charge is 2.44. The highest BCUT2D eigenvalue weighted by molar-refractivity contribution is 6.07. The molecule has 3 aromatic rings. The molecule has 1 aromatic heterocycles. The minimum absolute atomic E-state index is 0.0742. The summed E-state index contributed by atoms with van der Waals surface area (Å²) in [4.78, 5) is 4.19. The molecule has 2 aliphatic rings. The zero-order chi connectivity index (χ0) is 19.6. The van der Waals surface area contributed by atoms with Gasteiger partial charge in [0.15, 0.2) is 0 Å². The summed E-state index contributed by atoms with van der Waals surface area (Å²) in [5.41, 5.74) is 3.12. The lowest BCUT2D eigenvalue weighted by atomic mass is 9.89. The molecule has 5 radical (unpaired) electrons. The van der Waals surface area contributed by atoms with Crippen molar-refractivity contribution in [3.05, 3.63) is 104 Å². The van der Waals surface area contributed by atoms with Gasteiger partial charge in [-0.3, -0.25) is 5.01 Å². The van der Waals surface area contributed by atoms with E-state index in [-0.39, 0.29) is 12.1 Å². The summed E-state index contributed by atoms with van der Waals surface area (Å²) in [5, 5.41) is 11.6.